The number of H-pyrrole nitrogens is 1. The van der Waals surface area contributed by atoms with Gasteiger partial charge in [0.2, 0.25) is 0 Å². The Balaban J connectivity index is 2.27. The number of aromatic nitrogens is 4. The van der Waals surface area contributed by atoms with Crippen LogP contribution >= 0.6 is 0 Å². The van der Waals surface area contributed by atoms with Crippen LogP contribution in [0.4, 0.5) is 0 Å². The molecule has 0 fully saturated rings. The second kappa shape index (κ2) is 5.02. The zero-order valence-corrected chi connectivity index (χ0v) is 11.6. The van der Waals surface area contributed by atoms with Crippen molar-refractivity contribution in [3.63, 3.8) is 0 Å². The van der Waals surface area contributed by atoms with Crippen molar-refractivity contribution < 1.29 is 0 Å². The van der Waals surface area contributed by atoms with E-state index in [4.69, 9.17) is 10.7 Å². The molecule has 5 nitrogen and oxygen atoms in total. The molecule has 0 bridgehead atoms. The van der Waals surface area contributed by atoms with Crippen molar-refractivity contribution in [3.8, 4) is 11.4 Å². The van der Waals surface area contributed by atoms with Gasteiger partial charge in [0, 0.05) is 36.1 Å². The molecular weight excluding hydrogens is 250 g/mol. The lowest BCUT2D eigenvalue weighted by molar-refractivity contribution is 0.829. The summed E-state index contributed by atoms with van der Waals surface area (Å²) in [5.74, 6) is 1.02. The van der Waals surface area contributed by atoms with Gasteiger partial charge >= 0.3 is 0 Å². The van der Waals surface area contributed by atoms with Gasteiger partial charge in [-0.05, 0) is 23.6 Å². The SMILES string of the molecule is CC(C)c1nc(-c2ccncc2)nc2[nH]cc(CN)c12. The van der Waals surface area contributed by atoms with Gasteiger partial charge in [-0.2, -0.15) is 0 Å². The molecule has 3 heterocycles. The van der Waals surface area contributed by atoms with Crippen molar-refractivity contribution in [2.75, 3.05) is 0 Å². The summed E-state index contributed by atoms with van der Waals surface area (Å²) in [5, 5.41) is 1.06. The number of nitrogens with one attached hydrogen (secondary N) is 1. The molecule has 3 rings (SSSR count). The van der Waals surface area contributed by atoms with Crippen LogP contribution < -0.4 is 5.73 Å². The molecule has 0 aliphatic heterocycles. The van der Waals surface area contributed by atoms with Gasteiger partial charge in [-0.15, -0.1) is 0 Å². The summed E-state index contributed by atoms with van der Waals surface area (Å²) < 4.78 is 0. The first-order valence-corrected chi connectivity index (χ1v) is 6.69. The summed E-state index contributed by atoms with van der Waals surface area (Å²) in [6, 6.07) is 3.83. The Morgan fingerprint density at radius 3 is 2.60 bits per heavy atom. The number of nitrogens with two attached hydrogens (primary N) is 1. The van der Waals surface area contributed by atoms with Gasteiger partial charge in [-0.1, -0.05) is 13.8 Å². The van der Waals surface area contributed by atoms with Crippen LogP contribution in [0.5, 0.6) is 0 Å². The maximum absolute atomic E-state index is 5.79. The van der Waals surface area contributed by atoms with Crippen molar-refractivity contribution in [2.45, 2.75) is 26.3 Å². The smallest absolute Gasteiger partial charge is 0.161 e. The number of hydrogen-bond donors (Lipinski definition) is 2. The average molecular weight is 267 g/mol. The summed E-state index contributed by atoms with van der Waals surface area (Å²) in [4.78, 5) is 16.6. The lowest BCUT2D eigenvalue weighted by atomic mass is 10.0. The first-order valence-electron chi connectivity index (χ1n) is 6.69. The molecule has 0 atom stereocenters. The largest absolute Gasteiger partial charge is 0.346 e. The minimum atomic E-state index is 0.308. The number of rotatable bonds is 3. The molecule has 20 heavy (non-hydrogen) atoms. The fourth-order valence-electron chi connectivity index (χ4n) is 2.34. The number of aromatic amines is 1. The Bertz CT molecular complexity index is 731. The van der Waals surface area contributed by atoms with Crippen LogP contribution in [0.2, 0.25) is 0 Å². The van der Waals surface area contributed by atoms with Gasteiger partial charge in [-0.3, -0.25) is 4.98 Å². The highest BCUT2D eigenvalue weighted by molar-refractivity contribution is 5.84. The van der Waals surface area contributed by atoms with Crippen LogP contribution in [-0.4, -0.2) is 19.9 Å². The van der Waals surface area contributed by atoms with E-state index >= 15 is 0 Å². The molecule has 0 aromatic carbocycles. The average Bonchev–Trinajstić information content (AvgIpc) is 2.90. The highest BCUT2D eigenvalue weighted by Gasteiger charge is 2.16. The van der Waals surface area contributed by atoms with Crippen LogP contribution in [0.3, 0.4) is 0 Å². The van der Waals surface area contributed by atoms with E-state index in [1.54, 1.807) is 12.4 Å². The van der Waals surface area contributed by atoms with E-state index in [2.05, 4.69) is 28.8 Å². The van der Waals surface area contributed by atoms with E-state index in [0.29, 0.717) is 18.3 Å². The summed E-state index contributed by atoms with van der Waals surface area (Å²) >= 11 is 0. The first kappa shape index (κ1) is 12.7. The van der Waals surface area contributed by atoms with Crippen LogP contribution in [0, 0.1) is 0 Å². The molecule has 0 saturated carbocycles. The van der Waals surface area contributed by atoms with Gasteiger partial charge in [-0.25, -0.2) is 9.97 Å². The number of pyridine rings is 1. The van der Waals surface area contributed by atoms with E-state index < -0.39 is 0 Å². The lowest BCUT2D eigenvalue weighted by Gasteiger charge is -2.10. The number of nitrogens with zero attached hydrogens (tertiary/aromatic N) is 3. The van der Waals surface area contributed by atoms with Crippen LogP contribution in [0.15, 0.2) is 30.7 Å². The Labute approximate surface area is 117 Å². The molecule has 3 aromatic heterocycles. The molecule has 3 aromatic rings. The summed E-state index contributed by atoms with van der Waals surface area (Å²) in [5.41, 5.74) is 9.69. The van der Waals surface area contributed by atoms with Crippen LogP contribution in [0.25, 0.3) is 22.4 Å². The van der Waals surface area contributed by atoms with Gasteiger partial charge in [0.15, 0.2) is 5.82 Å². The predicted molar refractivity (Wildman–Crippen MR) is 79.1 cm³/mol. The van der Waals surface area contributed by atoms with Gasteiger partial charge in [0.1, 0.15) is 5.65 Å². The Morgan fingerprint density at radius 2 is 1.95 bits per heavy atom. The van der Waals surface area contributed by atoms with E-state index in [1.807, 2.05) is 18.3 Å². The number of fused-ring (bicyclic) bond motifs is 1. The highest BCUT2D eigenvalue weighted by atomic mass is 15.0. The van der Waals surface area contributed by atoms with Gasteiger partial charge in [0.25, 0.3) is 0 Å². The predicted octanol–water partition coefficient (Wildman–Crippen LogP) is 2.60. The molecule has 0 amide bonds. The summed E-state index contributed by atoms with van der Waals surface area (Å²) in [6.45, 7) is 4.74. The fourth-order valence-corrected chi connectivity index (χ4v) is 2.34. The maximum Gasteiger partial charge on any atom is 0.161 e. The Kier molecular flexibility index (Phi) is 3.20. The first-order chi connectivity index (χ1) is 9.70. The minimum absolute atomic E-state index is 0.308. The third kappa shape index (κ3) is 2.06. The standard InChI is InChI=1S/C15H17N5/c1-9(2)13-12-11(7-16)8-18-15(12)20-14(19-13)10-3-5-17-6-4-10/h3-6,8-9H,7,16H2,1-2H3,(H,18,19,20). The lowest BCUT2D eigenvalue weighted by Crippen LogP contribution is -2.02. The summed E-state index contributed by atoms with van der Waals surface area (Å²) in [7, 11) is 0. The van der Waals surface area contributed by atoms with E-state index in [1.165, 1.54) is 0 Å². The molecular formula is C15H17N5. The minimum Gasteiger partial charge on any atom is -0.346 e. The third-order valence-corrected chi connectivity index (χ3v) is 3.35. The Morgan fingerprint density at radius 1 is 1.20 bits per heavy atom. The van der Waals surface area contributed by atoms with Crippen molar-refractivity contribution in [3.05, 3.63) is 42.0 Å². The normalized spacial score (nSPS) is 11.4. The second-order valence-electron chi connectivity index (χ2n) is 5.06. The molecule has 0 aliphatic carbocycles. The van der Waals surface area contributed by atoms with E-state index in [0.717, 1.165) is 27.9 Å². The van der Waals surface area contributed by atoms with Crippen molar-refractivity contribution in [1.29, 1.82) is 0 Å². The molecule has 5 heteroatoms. The van der Waals surface area contributed by atoms with Crippen LogP contribution in [-0.2, 0) is 6.54 Å². The van der Waals surface area contributed by atoms with E-state index in [-0.39, 0.29) is 0 Å². The van der Waals surface area contributed by atoms with E-state index in [9.17, 15) is 0 Å². The molecule has 0 spiro atoms. The monoisotopic (exact) mass is 267 g/mol. The number of hydrogen-bond acceptors (Lipinski definition) is 4. The van der Waals surface area contributed by atoms with Gasteiger partial charge in [0.05, 0.1) is 5.69 Å². The molecule has 0 aliphatic rings. The van der Waals surface area contributed by atoms with Crippen molar-refractivity contribution >= 4 is 11.0 Å². The fraction of sp³-hybridized carbons (Fsp3) is 0.267. The second-order valence-corrected chi connectivity index (χ2v) is 5.06. The topological polar surface area (TPSA) is 80.5 Å². The molecule has 3 N–H and O–H groups in total. The molecule has 0 saturated heterocycles. The van der Waals surface area contributed by atoms with Crippen molar-refractivity contribution in [1.82, 2.24) is 19.9 Å². The van der Waals surface area contributed by atoms with Crippen molar-refractivity contribution in [2.24, 2.45) is 5.73 Å². The quantitative estimate of drug-likeness (QED) is 0.764. The summed E-state index contributed by atoms with van der Waals surface area (Å²) in [6.07, 6.45) is 5.41. The Hall–Kier alpha value is -2.27. The van der Waals surface area contributed by atoms with Gasteiger partial charge < -0.3 is 10.7 Å². The highest BCUT2D eigenvalue weighted by Crippen LogP contribution is 2.28. The van der Waals surface area contributed by atoms with Crippen LogP contribution in [0.1, 0.15) is 31.0 Å². The molecule has 0 unspecified atom stereocenters. The molecule has 0 radical (unpaired) electrons. The zero-order chi connectivity index (χ0) is 14.1. The zero-order valence-electron chi connectivity index (χ0n) is 11.6. The maximum atomic E-state index is 5.79. The third-order valence-electron chi connectivity index (χ3n) is 3.35. The molecule has 102 valence electrons.